The van der Waals surface area contributed by atoms with Crippen LogP contribution in [0.4, 0.5) is 5.82 Å². The minimum Gasteiger partial charge on any atom is -0.347 e. The summed E-state index contributed by atoms with van der Waals surface area (Å²) in [5, 5.41) is 0.346. The third kappa shape index (κ3) is 3.81. The van der Waals surface area contributed by atoms with E-state index >= 15 is 0 Å². The lowest BCUT2D eigenvalue weighted by Crippen LogP contribution is -2.37. The van der Waals surface area contributed by atoms with Crippen LogP contribution in [0, 0.1) is 0 Å². The molecule has 0 atom stereocenters. The van der Waals surface area contributed by atoms with Gasteiger partial charge < -0.3 is 9.80 Å². The van der Waals surface area contributed by atoms with Crippen LogP contribution in [0.15, 0.2) is 10.8 Å². The van der Waals surface area contributed by atoms with Crippen LogP contribution in [0.25, 0.3) is 0 Å². The van der Waals surface area contributed by atoms with Gasteiger partial charge in [0, 0.05) is 20.6 Å². The van der Waals surface area contributed by atoms with Crippen LogP contribution < -0.4 is 4.90 Å². The summed E-state index contributed by atoms with van der Waals surface area (Å²) in [5.41, 5.74) is 0. The topological polar surface area (TPSA) is 49.3 Å². The minimum absolute atomic E-state index is 0.0186. The maximum absolute atomic E-state index is 11.8. The van der Waals surface area contributed by atoms with Gasteiger partial charge in [0.2, 0.25) is 5.91 Å². The molecule has 0 saturated heterocycles. The number of hydrogen-bond acceptors (Lipinski definition) is 4. The first-order chi connectivity index (χ1) is 8.47. The molecule has 1 aromatic heterocycles. The molecule has 1 aromatic rings. The van der Waals surface area contributed by atoms with Crippen molar-refractivity contribution in [3.05, 3.63) is 16.0 Å². The zero-order valence-corrected chi connectivity index (χ0v) is 13.0. The molecule has 0 fully saturated rings. The summed E-state index contributed by atoms with van der Waals surface area (Å²) >= 11 is 9.29. The third-order valence-corrected chi connectivity index (χ3v) is 3.59. The minimum atomic E-state index is 0.0186. The average molecular weight is 336 g/mol. The molecule has 7 heteroatoms. The Bertz CT molecular complexity index is 428. The van der Waals surface area contributed by atoms with E-state index in [4.69, 9.17) is 11.6 Å². The Kier molecular flexibility index (Phi) is 5.81. The van der Waals surface area contributed by atoms with Gasteiger partial charge >= 0.3 is 0 Å². The zero-order valence-electron chi connectivity index (χ0n) is 10.7. The second-order valence-electron chi connectivity index (χ2n) is 4.01. The molecule has 0 bridgehead atoms. The molecule has 0 aliphatic carbocycles. The number of amides is 1. The Morgan fingerprint density at radius 1 is 1.44 bits per heavy atom. The Balaban J connectivity index is 2.97. The predicted octanol–water partition coefficient (Wildman–Crippen LogP) is 2.20. The predicted molar refractivity (Wildman–Crippen MR) is 75.9 cm³/mol. The first-order valence-electron chi connectivity index (χ1n) is 5.58. The van der Waals surface area contributed by atoms with Gasteiger partial charge in [0.1, 0.15) is 17.3 Å². The van der Waals surface area contributed by atoms with E-state index in [1.54, 1.807) is 19.0 Å². The van der Waals surface area contributed by atoms with Crippen molar-refractivity contribution in [3.63, 3.8) is 0 Å². The van der Waals surface area contributed by atoms with E-state index < -0.39 is 0 Å². The number of halogens is 2. The van der Waals surface area contributed by atoms with Crippen molar-refractivity contribution in [2.24, 2.45) is 0 Å². The van der Waals surface area contributed by atoms with Crippen LogP contribution in [0.5, 0.6) is 0 Å². The maximum Gasteiger partial charge on any atom is 0.241 e. The molecule has 0 aliphatic rings. The molecule has 1 heterocycles. The molecule has 0 saturated carbocycles. The number of hydrogen-bond donors (Lipinski definition) is 0. The number of aromatic nitrogens is 2. The summed E-state index contributed by atoms with van der Waals surface area (Å²) < 4.78 is 0.617. The summed E-state index contributed by atoms with van der Waals surface area (Å²) in [6.45, 7) is 3.04. The zero-order chi connectivity index (χ0) is 13.7. The fourth-order valence-electron chi connectivity index (χ4n) is 1.39. The summed E-state index contributed by atoms with van der Waals surface area (Å²) in [7, 11) is 3.46. The van der Waals surface area contributed by atoms with Gasteiger partial charge in [-0.2, -0.15) is 0 Å². The third-order valence-electron chi connectivity index (χ3n) is 2.35. The van der Waals surface area contributed by atoms with Gasteiger partial charge in [0.05, 0.1) is 11.0 Å². The molecular weight excluding hydrogens is 320 g/mol. The molecule has 0 aromatic carbocycles. The van der Waals surface area contributed by atoms with E-state index in [-0.39, 0.29) is 12.5 Å². The molecule has 18 heavy (non-hydrogen) atoms. The van der Waals surface area contributed by atoms with Crippen LogP contribution in [-0.4, -0.2) is 48.0 Å². The lowest BCUT2D eigenvalue weighted by molar-refractivity contribution is -0.127. The molecule has 0 N–H and O–H groups in total. The van der Waals surface area contributed by atoms with Crippen LogP contribution in [0.1, 0.15) is 13.3 Å². The average Bonchev–Trinajstić information content (AvgIpc) is 2.32. The Hall–Kier alpha value is -0.880. The maximum atomic E-state index is 11.8. The van der Waals surface area contributed by atoms with E-state index in [1.165, 1.54) is 6.33 Å². The van der Waals surface area contributed by atoms with Crippen molar-refractivity contribution in [1.82, 2.24) is 14.9 Å². The SMILES string of the molecule is CCCN(CC(=O)N(C)C)c1ncnc(Cl)c1Br. The van der Waals surface area contributed by atoms with E-state index in [0.29, 0.717) is 15.4 Å². The number of carbonyl (C=O) groups excluding carboxylic acids is 1. The van der Waals surface area contributed by atoms with Crippen molar-refractivity contribution in [2.75, 3.05) is 32.1 Å². The second kappa shape index (κ2) is 6.89. The quantitative estimate of drug-likeness (QED) is 0.774. The fourth-order valence-corrected chi connectivity index (χ4v) is 1.98. The lowest BCUT2D eigenvalue weighted by atomic mass is 10.3. The highest BCUT2D eigenvalue weighted by Gasteiger charge is 2.17. The van der Waals surface area contributed by atoms with Crippen LogP contribution in [0.2, 0.25) is 5.15 Å². The monoisotopic (exact) mass is 334 g/mol. The normalized spacial score (nSPS) is 10.3. The highest BCUT2D eigenvalue weighted by molar-refractivity contribution is 9.10. The molecule has 0 unspecified atom stereocenters. The fraction of sp³-hybridized carbons (Fsp3) is 0.545. The smallest absolute Gasteiger partial charge is 0.241 e. The molecule has 5 nitrogen and oxygen atoms in total. The van der Waals surface area contributed by atoms with Crippen molar-refractivity contribution in [1.29, 1.82) is 0 Å². The Morgan fingerprint density at radius 2 is 2.11 bits per heavy atom. The highest BCUT2D eigenvalue weighted by atomic mass is 79.9. The van der Waals surface area contributed by atoms with Crippen molar-refractivity contribution in [3.8, 4) is 0 Å². The summed E-state index contributed by atoms with van der Waals surface area (Å²) in [5.74, 6) is 0.664. The Morgan fingerprint density at radius 3 is 2.67 bits per heavy atom. The number of carbonyl (C=O) groups is 1. The number of nitrogens with zero attached hydrogens (tertiary/aromatic N) is 4. The van der Waals surface area contributed by atoms with Crippen molar-refractivity contribution >= 4 is 39.3 Å². The van der Waals surface area contributed by atoms with E-state index in [2.05, 4.69) is 25.9 Å². The second-order valence-corrected chi connectivity index (χ2v) is 5.16. The van der Waals surface area contributed by atoms with Gasteiger partial charge in [-0.15, -0.1) is 0 Å². The first-order valence-corrected chi connectivity index (χ1v) is 6.75. The number of anilines is 1. The van der Waals surface area contributed by atoms with Crippen LogP contribution >= 0.6 is 27.5 Å². The molecule has 1 amide bonds. The van der Waals surface area contributed by atoms with E-state index in [0.717, 1.165) is 13.0 Å². The molecule has 1 rings (SSSR count). The summed E-state index contributed by atoms with van der Waals surface area (Å²) in [6, 6.07) is 0. The molecule has 0 aliphatic heterocycles. The first kappa shape index (κ1) is 15.2. The highest BCUT2D eigenvalue weighted by Crippen LogP contribution is 2.29. The molecular formula is C11H16BrClN4O. The van der Waals surface area contributed by atoms with Gasteiger partial charge in [-0.05, 0) is 22.4 Å². The summed E-state index contributed by atoms with van der Waals surface area (Å²) in [6.07, 6.45) is 2.31. The Labute approximate surface area is 120 Å². The van der Waals surface area contributed by atoms with E-state index in [1.807, 2.05) is 11.8 Å². The van der Waals surface area contributed by atoms with Gasteiger partial charge in [-0.25, -0.2) is 9.97 Å². The van der Waals surface area contributed by atoms with Crippen LogP contribution in [-0.2, 0) is 4.79 Å². The van der Waals surface area contributed by atoms with Gasteiger partial charge in [-0.1, -0.05) is 18.5 Å². The van der Waals surface area contributed by atoms with Gasteiger partial charge in [-0.3, -0.25) is 4.79 Å². The van der Waals surface area contributed by atoms with Gasteiger partial charge in [0.15, 0.2) is 0 Å². The molecule has 100 valence electrons. The van der Waals surface area contributed by atoms with Crippen LogP contribution in [0.3, 0.4) is 0 Å². The van der Waals surface area contributed by atoms with Crippen molar-refractivity contribution in [2.45, 2.75) is 13.3 Å². The molecule has 0 spiro atoms. The van der Waals surface area contributed by atoms with E-state index in [9.17, 15) is 4.79 Å². The largest absolute Gasteiger partial charge is 0.347 e. The summed E-state index contributed by atoms with van der Waals surface area (Å²) in [4.78, 5) is 23.3. The standard InChI is InChI=1S/C11H16BrClN4O/c1-4-5-17(6-8(18)16(2)3)11-9(12)10(13)14-7-15-11/h7H,4-6H2,1-3H3. The number of rotatable bonds is 5. The van der Waals surface area contributed by atoms with Gasteiger partial charge in [0.25, 0.3) is 0 Å². The van der Waals surface area contributed by atoms with Crippen molar-refractivity contribution < 1.29 is 4.79 Å². The number of likely N-dealkylation sites (N-methyl/N-ethyl adjacent to an activating group) is 1. The lowest BCUT2D eigenvalue weighted by Gasteiger charge is -2.25. The molecule has 0 radical (unpaired) electrons.